The van der Waals surface area contributed by atoms with Crippen molar-refractivity contribution in [2.45, 2.75) is 37.7 Å². The van der Waals surface area contributed by atoms with Gasteiger partial charge in [0, 0.05) is 28.3 Å². The Kier molecular flexibility index (Phi) is 6.20. The number of benzene rings is 1. The van der Waals surface area contributed by atoms with E-state index in [2.05, 4.69) is 5.32 Å². The number of rotatable bonds is 6. The normalized spacial score (nSPS) is 16.7. The molecule has 0 saturated heterocycles. The maximum atomic E-state index is 12.9. The van der Waals surface area contributed by atoms with Gasteiger partial charge in [0.25, 0.3) is 0 Å². The van der Waals surface area contributed by atoms with Crippen molar-refractivity contribution >= 4 is 10.8 Å². The smallest absolute Gasteiger partial charge is 0.310 e. The molecule has 0 aliphatic carbocycles. The van der Waals surface area contributed by atoms with E-state index in [1.807, 2.05) is 6.92 Å². The van der Waals surface area contributed by atoms with Gasteiger partial charge in [-0.2, -0.15) is 13.2 Å². The van der Waals surface area contributed by atoms with Crippen LogP contribution in [0.25, 0.3) is 0 Å². The molecule has 0 aliphatic heterocycles. The minimum Gasteiger partial charge on any atom is -0.310 e. The molecule has 0 saturated carbocycles. The Labute approximate surface area is 120 Å². The highest BCUT2D eigenvalue weighted by Gasteiger charge is 2.33. The number of halogens is 3. The van der Waals surface area contributed by atoms with Crippen molar-refractivity contribution in [3.8, 4) is 0 Å². The van der Waals surface area contributed by atoms with Crippen LogP contribution in [0.3, 0.4) is 0 Å². The lowest BCUT2D eigenvalue weighted by atomic mass is 10.0. The maximum absolute atomic E-state index is 12.9. The fourth-order valence-corrected chi connectivity index (χ4v) is 2.36. The van der Waals surface area contributed by atoms with E-state index in [1.165, 1.54) is 12.1 Å². The maximum Gasteiger partial charge on any atom is 0.416 e. The first-order valence-electron chi connectivity index (χ1n) is 6.45. The van der Waals surface area contributed by atoms with Crippen LogP contribution in [-0.2, 0) is 17.0 Å². The number of hydrogen-bond donors (Lipinski definition) is 1. The van der Waals surface area contributed by atoms with Crippen LogP contribution in [0.5, 0.6) is 0 Å². The van der Waals surface area contributed by atoms with Gasteiger partial charge in [-0.3, -0.25) is 4.21 Å². The van der Waals surface area contributed by atoms with Crippen molar-refractivity contribution in [2.75, 3.05) is 12.8 Å². The first-order chi connectivity index (χ1) is 9.23. The molecule has 0 aromatic heterocycles. The van der Waals surface area contributed by atoms with Gasteiger partial charge in [0.1, 0.15) is 0 Å². The zero-order valence-electron chi connectivity index (χ0n) is 11.8. The lowest BCUT2D eigenvalue weighted by Gasteiger charge is -2.20. The summed E-state index contributed by atoms with van der Waals surface area (Å²) in [5.74, 6) is 0. The Morgan fingerprint density at radius 3 is 2.40 bits per heavy atom. The Bertz CT molecular complexity index is 462. The van der Waals surface area contributed by atoms with E-state index in [4.69, 9.17) is 0 Å². The summed E-state index contributed by atoms with van der Waals surface area (Å²) in [5.41, 5.74) is -0.364. The highest BCUT2D eigenvalue weighted by atomic mass is 32.2. The van der Waals surface area contributed by atoms with Crippen LogP contribution >= 0.6 is 0 Å². The average molecular weight is 307 g/mol. The molecular weight excluding hydrogens is 287 g/mol. The molecule has 20 heavy (non-hydrogen) atoms. The van der Waals surface area contributed by atoms with Crippen LogP contribution in [0.1, 0.15) is 37.4 Å². The van der Waals surface area contributed by atoms with Crippen LogP contribution in [0.4, 0.5) is 13.2 Å². The van der Waals surface area contributed by atoms with Crippen LogP contribution < -0.4 is 5.32 Å². The molecule has 6 heteroatoms. The number of hydrogen-bond acceptors (Lipinski definition) is 2. The van der Waals surface area contributed by atoms with E-state index < -0.39 is 28.6 Å². The second kappa shape index (κ2) is 7.22. The van der Waals surface area contributed by atoms with Gasteiger partial charge >= 0.3 is 6.18 Å². The third-order valence-corrected chi connectivity index (χ3v) is 4.67. The van der Waals surface area contributed by atoms with Crippen LogP contribution in [0, 0.1) is 0 Å². The summed E-state index contributed by atoms with van der Waals surface area (Å²) in [6.45, 7) is 4.11. The molecule has 0 aliphatic rings. The number of nitrogens with one attached hydrogen (secondary N) is 1. The molecule has 1 N–H and O–H groups in total. The molecule has 0 amide bonds. The third-order valence-electron chi connectivity index (χ3n) is 3.30. The number of alkyl halides is 3. The molecule has 3 unspecified atom stereocenters. The zero-order valence-corrected chi connectivity index (χ0v) is 12.6. The molecule has 1 rings (SSSR count). The third kappa shape index (κ3) is 4.90. The summed E-state index contributed by atoms with van der Waals surface area (Å²) in [6.07, 6.45) is -2.04. The van der Waals surface area contributed by atoms with Gasteiger partial charge in [0.15, 0.2) is 0 Å². The Hall–Kier alpha value is -0.880. The van der Waals surface area contributed by atoms with Crippen molar-refractivity contribution in [3.05, 3.63) is 35.4 Å². The van der Waals surface area contributed by atoms with Crippen LogP contribution in [0.2, 0.25) is 0 Å². The molecule has 1 aromatic carbocycles. The van der Waals surface area contributed by atoms with E-state index in [-0.39, 0.29) is 10.8 Å². The molecule has 0 bridgehead atoms. The highest BCUT2D eigenvalue weighted by molar-refractivity contribution is 7.84. The Balaban J connectivity index is 2.69. The van der Waals surface area contributed by atoms with E-state index in [1.54, 1.807) is 19.2 Å². The molecule has 3 atom stereocenters. The van der Waals surface area contributed by atoms with Crippen molar-refractivity contribution in [1.82, 2.24) is 5.32 Å². The van der Waals surface area contributed by atoms with E-state index in [9.17, 15) is 17.4 Å². The van der Waals surface area contributed by atoms with Gasteiger partial charge in [-0.05, 0) is 31.5 Å². The van der Waals surface area contributed by atoms with Gasteiger partial charge in [0.05, 0.1) is 5.56 Å². The van der Waals surface area contributed by atoms with Crippen molar-refractivity contribution in [3.63, 3.8) is 0 Å². The average Bonchev–Trinajstić information content (AvgIpc) is 2.37. The van der Waals surface area contributed by atoms with Gasteiger partial charge in [0.2, 0.25) is 0 Å². The summed E-state index contributed by atoms with van der Waals surface area (Å²) < 4.78 is 49.9. The SMILES string of the molecule is CC(NCCC(C)S(C)=O)c1ccccc1C(F)(F)F. The summed E-state index contributed by atoms with van der Waals surface area (Å²) in [7, 11) is -0.908. The summed E-state index contributed by atoms with van der Waals surface area (Å²) in [5, 5.41) is 3.10. The molecule has 0 radical (unpaired) electrons. The summed E-state index contributed by atoms with van der Waals surface area (Å²) in [6, 6.07) is 5.18. The summed E-state index contributed by atoms with van der Waals surface area (Å²) >= 11 is 0. The predicted molar refractivity (Wildman–Crippen MR) is 76.0 cm³/mol. The molecule has 114 valence electrons. The molecule has 0 heterocycles. The van der Waals surface area contributed by atoms with Gasteiger partial charge in [-0.25, -0.2) is 0 Å². The highest BCUT2D eigenvalue weighted by Crippen LogP contribution is 2.34. The van der Waals surface area contributed by atoms with Crippen LogP contribution in [-0.4, -0.2) is 22.3 Å². The topological polar surface area (TPSA) is 29.1 Å². The monoisotopic (exact) mass is 307 g/mol. The fourth-order valence-electron chi connectivity index (χ4n) is 1.91. The van der Waals surface area contributed by atoms with Crippen molar-refractivity contribution in [2.24, 2.45) is 0 Å². The predicted octanol–water partition coefficient (Wildman–Crippen LogP) is 3.51. The van der Waals surface area contributed by atoms with Crippen molar-refractivity contribution in [1.29, 1.82) is 0 Å². The van der Waals surface area contributed by atoms with Crippen LogP contribution in [0.15, 0.2) is 24.3 Å². The van der Waals surface area contributed by atoms with E-state index in [0.29, 0.717) is 13.0 Å². The molecular formula is C14H20F3NOS. The largest absolute Gasteiger partial charge is 0.416 e. The second-order valence-electron chi connectivity index (χ2n) is 4.86. The first-order valence-corrected chi connectivity index (χ1v) is 8.07. The van der Waals surface area contributed by atoms with E-state index in [0.717, 1.165) is 6.07 Å². The van der Waals surface area contributed by atoms with Crippen molar-refractivity contribution < 1.29 is 17.4 Å². The zero-order chi connectivity index (χ0) is 15.3. The van der Waals surface area contributed by atoms with E-state index >= 15 is 0 Å². The molecule has 2 nitrogen and oxygen atoms in total. The Morgan fingerprint density at radius 2 is 1.85 bits per heavy atom. The van der Waals surface area contributed by atoms with Gasteiger partial charge in [-0.15, -0.1) is 0 Å². The standard InChI is InChI=1S/C14H20F3NOS/c1-10(20(3)19)8-9-18-11(2)12-6-4-5-7-13(12)14(15,16)17/h4-7,10-11,18H,8-9H2,1-3H3. The minimum absolute atomic E-state index is 0.0348. The summed E-state index contributed by atoms with van der Waals surface area (Å²) in [4.78, 5) is 0. The lowest BCUT2D eigenvalue weighted by Crippen LogP contribution is -2.25. The second-order valence-corrected chi connectivity index (χ2v) is 6.66. The van der Waals surface area contributed by atoms with Gasteiger partial charge in [-0.1, -0.05) is 25.1 Å². The fraction of sp³-hybridized carbons (Fsp3) is 0.571. The quantitative estimate of drug-likeness (QED) is 0.871. The molecule has 0 fully saturated rings. The first kappa shape index (κ1) is 17.2. The molecule has 1 aromatic rings. The molecule has 0 spiro atoms. The minimum atomic E-state index is -4.34. The Morgan fingerprint density at radius 1 is 1.25 bits per heavy atom. The lowest BCUT2D eigenvalue weighted by molar-refractivity contribution is -0.138. The van der Waals surface area contributed by atoms with Gasteiger partial charge < -0.3 is 5.32 Å².